The minimum atomic E-state index is -4.80. The van der Waals surface area contributed by atoms with Crippen molar-refractivity contribution in [2.75, 3.05) is 0 Å². The van der Waals surface area contributed by atoms with Crippen LogP contribution in [-0.2, 0) is 10.1 Å². The van der Waals surface area contributed by atoms with Crippen LogP contribution in [0.2, 0.25) is 0 Å². The molecule has 0 aliphatic heterocycles. The quantitative estimate of drug-likeness (QED) is 0.557. The fraction of sp³-hybridized carbons (Fsp3) is 0. The Morgan fingerprint density at radius 1 is 0.895 bits per heavy atom. The maximum absolute atomic E-state index is 13.0. The van der Waals surface area contributed by atoms with Crippen molar-refractivity contribution in [3.8, 4) is 11.1 Å². The van der Waals surface area contributed by atoms with E-state index in [4.69, 9.17) is 0 Å². The second kappa shape index (κ2) is 6.53. The zero-order valence-corrected chi connectivity index (χ0v) is 13.9. The van der Waals surface area contributed by atoms with Crippen LogP contribution in [0.1, 0.15) is 0 Å². The van der Waals surface area contributed by atoms with E-state index in [0.29, 0.717) is 11.6 Å². The third kappa shape index (κ3) is 4.15. The van der Waals surface area contributed by atoms with Crippen LogP contribution < -0.4 is 51.4 Å². The van der Waals surface area contributed by atoms with Crippen molar-refractivity contribution in [1.82, 2.24) is 0 Å². The molecule has 0 amide bonds. The summed E-state index contributed by atoms with van der Waals surface area (Å²) < 4.78 is 58.9. The first-order valence-electron chi connectivity index (χ1n) is 4.89. The van der Waals surface area contributed by atoms with Crippen LogP contribution in [-0.4, -0.2) is 13.0 Å². The minimum absolute atomic E-state index is 0. The summed E-state index contributed by atoms with van der Waals surface area (Å²) in [6, 6.07) is 7.75. The van der Waals surface area contributed by atoms with E-state index in [-0.39, 0.29) is 56.9 Å². The molecule has 2 aromatic rings. The van der Waals surface area contributed by atoms with Gasteiger partial charge in [0.05, 0.1) is 4.90 Å². The summed E-state index contributed by atoms with van der Waals surface area (Å²) in [5.41, 5.74) is 0.372. The summed E-state index contributed by atoms with van der Waals surface area (Å²) in [5, 5.41) is 0. The number of halogens is 2. The molecule has 0 bridgehead atoms. The van der Waals surface area contributed by atoms with Gasteiger partial charge in [-0.1, -0.05) is 18.2 Å². The predicted molar refractivity (Wildman–Crippen MR) is 59.8 cm³/mol. The number of hydrogen-bond donors (Lipinski definition) is 0. The molecule has 0 radical (unpaired) electrons. The molecule has 0 heterocycles. The fourth-order valence-corrected chi connectivity index (χ4v) is 2.28. The first-order valence-corrected chi connectivity index (χ1v) is 6.30. The number of benzene rings is 2. The Labute approximate surface area is 151 Å². The van der Waals surface area contributed by atoms with Gasteiger partial charge in [-0.2, -0.15) is 0 Å². The third-order valence-electron chi connectivity index (χ3n) is 2.37. The van der Waals surface area contributed by atoms with Crippen molar-refractivity contribution in [2.45, 2.75) is 4.90 Å². The first-order chi connectivity index (χ1) is 8.38. The molecule has 0 aromatic heterocycles. The van der Waals surface area contributed by atoms with Gasteiger partial charge in [0.25, 0.3) is 0 Å². The van der Waals surface area contributed by atoms with E-state index in [0.717, 1.165) is 18.2 Å². The summed E-state index contributed by atoms with van der Waals surface area (Å²) in [6.07, 6.45) is 0. The topological polar surface area (TPSA) is 57.2 Å². The van der Waals surface area contributed by atoms with Crippen molar-refractivity contribution in [2.24, 2.45) is 0 Å². The van der Waals surface area contributed by atoms with Crippen molar-refractivity contribution in [3.05, 3.63) is 54.1 Å². The Morgan fingerprint density at radius 2 is 1.42 bits per heavy atom. The molecule has 0 spiro atoms. The zero-order chi connectivity index (χ0) is 13.3. The van der Waals surface area contributed by atoms with Gasteiger partial charge in [0.15, 0.2) is 0 Å². The number of rotatable bonds is 2. The average Bonchev–Trinajstić information content (AvgIpc) is 2.29. The molecule has 0 unspecified atom stereocenters. The SMILES string of the molecule is O=S(=O)([O-])c1cc(F)ccc1-c1ccc(F)cc1.[K+]. The maximum Gasteiger partial charge on any atom is 1.00 e. The molecule has 0 aliphatic carbocycles. The van der Waals surface area contributed by atoms with E-state index in [1.807, 2.05) is 0 Å². The third-order valence-corrected chi connectivity index (χ3v) is 3.24. The van der Waals surface area contributed by atoms with E-state index in [1.54, 1.807) is 0 Å². The first kappa shape index (κ1) is 16.9. The van der Waals surface area contributed by atoms with Crippen LogP contribution in [0.25, 0.3) is 11.1 Å². The summed E-state index contributed by atoms with van der Waals surface area (Å²) in [5.74, 6) is -1.32. The molecule has 19 heavy (non-hydrogen) atoms. The molecule has 94 valence electrons. The van der Waals surface area contributed by atoms with E-state index in [1.165, 1.54) is 18.2 Å². The van der Waals surface area contributed by atoms with Gasteiger partial charge in [-0.15, -0.1) is 0 Å². The van der Waals surface area contributed by atoms with Crippen LogP contribution in [0.5, 0.6) is 0 Å². The van der Waals surface area contributed by atoms with Crippen LogP contribution in [0.3, 0.4) is 0 Å². The molecule has 0 fully saturated rings. The van der Waals surface area contributed by atoms with Gasteiger partial charge < -0.3 is 4.55 Å². The standard InChI is InChI=1S/C12H8F2O3S.K/c13-9-3-1-8(2-4-9)11-6-5-10(14)7-12(11)18(15,16)17;/h1-7H,(H,15,16,17);/q;+1/p-1. The molecular weight excluding hydrogens is 301 g/mol. The second-order valence-electron chi connectivity index (χ2n) is 3.60. The van der Waals surface area contributed by atoms with Crippen molar-refractivity contribution < 1.29 is 73.1 Å². The molecule has 0 saturated heterocycles. The minimum Gasteiger partial charge on any atom is -0.744 e. The molecule has 2 aromatic carbocycles. The van der Waals surface area contributed by atoms with Gasteiger partial charge in [0.2, 0.25) is 0 Å². The van der Waals surface area contributed by atoms with Crippen LogP contribution in [0.15, 0.2) is 47.4 Å². The molecule has 3 nitrogen and oxygen atoms in total. The van der Waals surface area contributed by atoms with Crippen molar-refractivity contribution in [1.29, 1.82) is 0 Å². The van der Waals surface area contributed by atoms with E-state index in [2.05, 4.69) is 0 Å². The summed E-state index contributed by atoms with van der Waals surface area (Å²) in [7, 11) is -4.80. The van der Waals surface area contributed by atoms with E-state index in [9.17, 15) is 21.8 Å². The van der Waals surface area contributed by atoms with E-state index < -0.39 is 26.6 Å². The van der Waals surface area contributed by atoms with Crippen LogP contribution >= 0.6 is 0 Å². The van der Waals surface area contributed by atoms with Gasteiger partial charge in [-0.25, -0.2) is 17.2 Å². The van der Waals surface area contributed by atoms with Gasteiger partial charge in [-0.05, 0) is 35.4 Å². The molecule has 0 N–H and O–H groups in total. The van der Waals surface area contributed by atoms with Gasteiger partial charge in [0, 0.05) is 0 Å². The summed E-state index contributed by atoms with van der Waals surface area (Å²) >= 11 is 0. The summed E-state index contributed by atoms with van der Waals surface area (Å²) in [4.78, 5) is -0.658. The van der Waals surface area contributed by atoms with Gasteiger partial charge >= 0.3 is 51.4 Å². The monoisotopic (exact) mass is 308 g/mol. The molecule has 0 saturated carbocycles. The van der Waals surface area contributed by atoms with E-state index >= 15 is 0 Å². The van der Waals surface area contributed by atoms with Gasteiger partial charge in [-0.3, -0.25) is 0 Å². The Hall–Kier alpha value is -0.154. The zero-order valence-electron chi connectivity index (χ0n) is 9.93. The molecule has 0 atom stereocenters. The van der Waals surface area contributed by atoms with Gasteiger partial charge in [0.1, 0.15) is 21.8 Å². The smallest absolute Gasteiger partial charge is 0.744 e. The fourth-order valence-electron chi connectivity index (χ4n) is 1.57. The van der Waals surface area contributed by atoms with Crippen molar-refractivity contribution in [3.63, 3.8) is 0 Å². The maximum atomic E-state index is 13.0. The largest absolute Gasteiger partial charge is 1.00 e. The molecule has 7 heteroatoms. The van der Waals surface area contributed by atoms with Crippen molar-refractivity contribution >= 4 is 10.1 Å². The molecule has 2 rings (SSSR count). The summed E-state index contributed by atoms with van der Waals surface area (Å²) in [6.45, 7) is 0. The van der Waals surface area contributed by atoms with Crippen LogP contribution in [0.4, 0.5) is 8.78 Å². The molecule has 0 aliphatic rings. The Kier molecular flexibility index (Phi) is 5.81. The predicted octanol–water partition coefficient (Wildman–Crippen LogP) is -0.460. The normalized spacial score (nSPS) is 10.9. The second-order valence-corrected chi connectivity index (χ2v) is 4.95. The Balaban J connectivity index is 0.00000180. The van der Waals surface area contributed by atoms with Crippen LogP contribution in [0, 0.1) is 11.6 Å². The number of hydrogen-bond acceptors (Lipinski definition) is 3. The Bertz CT molecular complexity index is 685. The molecular formula is C12H7F2KO3S. The average molecular weight is 308 g/mol. The Morgan fingerprint density at radius 3 is 1.95 bits per heavy atom.